The van der Waals surface area contributed by atoms with E-state index in [2.05, 4.69) is 26.3 Å². The Morgan fingerprint density at radius 1 is 1.19 bits per heavy atom. The number of para-hydroxylation sites is 1. The van der Waals surface area contributed by atoms with Gasteiger partial charge in [-0.25, -0.2) is 0 Å². The van der Waals surface area contributed by atoms with Crippen LogP contribution in [-0.4, -0.2) is 15.7 Å². The Morgan fingerprint density at radius 3 is 2.63 bits per heavy atom. The molecule has 0 aliphatic heterocycles. The van der Waals surface area contributed by atoms with Crippen molar-refractivity contribution in [3.63, 3.8) is 0 Å². The molecule has 1 unspecified atom stereocenters. The molecule has 6 heteroatoms. The van der Waals surface area contributed by atoms with E-state index in [4.69, 9.17) is 4.74 Å². The molecule has 2 aromatic carbocycles. The summed E-state index contributed by atoms with van der Waals surface area (Å²) in [5, 5.41) is 7.27. The molecule has 1 aromatic heterocycles. The van der Waals surface area contributed by atoms with Crippen molar-refractivity contribution in [2.45, 2.75) is 33.0 Å². The highest BCUT2D eigenvalue weighted by atomic mass is 79.9. The zero-order valence-corrected chi connectivity index (χ0v) is 16.9. The standard InChI is InChI=1S/C21H22BrN3O2/c1-3-25-19(12-13-23-25)15(2)24-21(26)17-10-8-16(9-11-17)14-27-20-7-5-4-6-18(20)22/h4-13,15H,3,14H2,1-2H3,(H,24,26). The van der Waals surface area contributed by atoms with E-state index in [9.17, 15) is 4.79 Å². The Balaban J connectivity index is 1.59. The van der Waals surface area contributed by atoms with Crippen LogP contribution in [0.4, 0.5) is 0 Å². The number of ether oxygens (including phenoxy) is 1. The fraction of sp³-hybridized carbons (Fsp3) is 0.238. The molecular weight excluding hydrogens is 406 g/mol. The SMILES string of the molecule is CCn1nccc1C(C)NC(=O)c1ccc(COc2ccccc2Br)cc1. The minimum absolute atomic E-state index is 0.107. The number of hydrogen-bond donors (Lipinski definition) is 1. The Morgan fingerprint density at radius 2 is 1.93 bits per heavy atom. The van der Waals surface area contributed by atoms with Gasteiger partial charge in [0.05, 0.1) is 16.2 Å². The van der Waals surface area contributed by atoms with E-state index < -0.39 is 0 Å². The molecule has 0 radical (unpaired) electrons. The fourth-order valence-electron chi connectivity index (χ4n) is 2.80. The van der Waals surface area contributed by atoms with Crippen molar-refractivity contribution in [1.29, 1.82) is 0 Å². The molecule has 140 valence electrons. The quantitative estimate of drug-likeness (QED) is 0.592. The van der Waals surface area contributed by atoms with Crippen LogP contribution in [0.3, 0.4) is 0 Å². The van der Waals surface area contributed by atoms with Crippen molar-refractivity contribution in [1.82, 2.24) is 15.1 Å². The number of aromatic nitrogens is 2. The number of rotatable bonds is 7. The summed E-state index contributed by atoms with van der Waals surface area (Å²) in [7, 11) is 0. The van der Waals surface area contributed by atoms with E-state index in [0.29, 0.717) is 12.2 Å². The molecule has 0 fully saturated rings. The summed E-state index contributed by atoms with van der Waals surface area (Å²) < 4.78 is 8.61. The first kappa shape index (κ1) is 19.2. The number of nitrogens with zero attached hydrogens (tertiary/aromatic N) is 2. The Hall–Kier alpha value is -2.60. The van der Waals surface area contributed by atoms with Gasteiger partial charge in [-0.15, -0.1) is 0 Å². The van der Waals surface area contributed by atoms with Gasteiger partial charge in [0.1, 0.15) is 12.4 Å². The number of nitrogens with one attached hydrogen (secondary N) is 1. The highest BCUT2D eigenvalue weighted by molar-refractivity contribution is 9.10. The number of carbonyl (C=O) groups excluding carboxylic acids is 1. The normalized spacial score (nSPS) is 11.8. The maximum Gasteiger partial charge on any atom is 0.251 e. The maximum atomic E-state index is 12.5. The minimum Gasteiger partial charge on any atom is -0.488 e. The summed E-state index contributed by atoms with van der Waals surface area (Å²) in [4.78, 5) is 12.5. The van der Waals surface area contributed by atoms with Gasteiger partial charge in [0.25, 0.3) is 5.91 Å². The second-order valence-electron chi connectivity index (χ2n) is 6.18. The van der Waals surface area contributed by atoms with Crippen molar-refractivity contribution in [2.75, 3.05) is 0 Å². The first-order valence-electron chi connectivity index (χ1n) is 8.87. The van der Waals surface area contributed by atoms with Crippen LogP contribution >= 0.6 is 15.9 Å². The summed E-state index contributed by atoms with van der Waals surface area (Å²) in [5.41, 5.74) is 2.61. The number of benzene rings is 2. The summed E-state index contributed by atoms with van der Waals surface area (Å²) in [6, 6.07) is 17.0. The first-order valence-corrected chi connectivity index (χ1v) is 9.66. The van der Waals surface area contributed by atoms with Crippen LogP contribution in [0, 0.1) is 0 Å². The Labute approximate surface area is 167 Å². The average Bonchev–Trinajstić information content (AvgIpc) is 3.17. The molecule has 1 heterocycles. The lowest BCUT2D eigenvalue weighted by molar-refractivity contribution is 0.0938. The van der Waals surface area contributed by atoms with E-state index in [1.54, 1.807) is 6.20 Å². The molecular formula is C21H22BrN3O2. The van der Waals surface area contributed by atoms with Crippen molar-refractivity contribution in [3.8, 4) is 5.75 Å². The predicted octanol–water partition coefficient (Wildman–Crippen LogP) is 4.74. The van der Waals surface area contributed by atoms with Gasteiger partial charge in [0.2, 0.25) is 0 Å². The van der Waals surface area contributed by atoms with E-state index in [-0.39, 0.29) is 11.9 Å². The van der Waals surface area contributed by atoms with Gasteiger partial charge in [-0.1, -0.05) is 24.3 Å². The van der Waals surface area contributed by atoms with Gasteiger partial charge in [0, 0.05) is 18.3 Å². The van der Waals surface area contributed by atoms with Crippen molar-refractivity contribution in [2.24, 2.45) is 0 Å². The maximum absolute atomic E-state index is 12.5. The molecule has 1 amide bonds. The van der Waals surface area contributed by atoms with Crippen molar-refractivity contribution in [3.05, 3.63) is 82.1 Å². The van der Waals surface area contributed by atoms with Crippen LogP contribution in [0.5, 0.6) is 5.75 Å². The molecule has 0 aliphatic rings. The van der Waals surface area contributed by atoms with Crippen LogP contribution in [0.15, 0.2) is 65.3 Å². The van der Waals surface area contributed by atoms with Gasteiger partial charge < -0.3 is 10.1 Å². The Bertz CT molecular complexity index is 906. The summed E-state index contributed by atoms with van der Waals surface area (Å²) in [6.45, 7) is 5.20. The molecule has 1 atom stereocenters. The molecule has 1 N–H and O–H groups in total. The van der Waals surface area contributed by atoms with Gasteiger partial charge >= 0.3 is 0 Å². The van der Waals surface area contributed by atoms with E-state index >= 15 is 0 Å². The lowest BCUT2D eigenvalue weighted by atomic mass is 10.1. The van der Waals surface area contributed by atoms with Crippen LogP contribution in [0.25, 0.3) is 0 Å². The van der Waals surface area contributed by atoms with E-state index in [1.807, 2.05) is 73.1 Å². The molecule has 3 aromatic rings. The monoisotopic (exact) mass is 427 g/mol. The molecule has 5 nitrogen and oxygen atoms in total. The number of aryl methyl sites for hydroxylation is 1. The third kappa shape index (κ3) is 4.77. The Kier molecular flexibility index (Phi) is 6.29. The molecule has 0 saturated carbocycles. The van der Waals surface area contributed by atoms with Gasteiger partial charge in [-0.05, 0) is 65.7 Å². The lowest BCUT2D eigenvalue weighted by Gasteiger charge is -2.15. The molecule has 0 bridgehead atoms. The second-order valence-corrected chi connectivity index (χ2v) is 7.04. The number of halogens is 1. The van der Waals surface area contributed by atoms with E-state index in [1.165, 1.54) is 0 Å². The third-order valence-corrected chi connectivity index (χ3v) is 4.94. The average molecular weight is 428 g/mol. The van der Waals surface area contributed by atoms with E-state index in [0.717, 1.165) is 28.0 Å². The van der Waals surface area contributed by atoms with Gasteiger partial charge in [0.15, 0.2) is 0 Å². The molecule has 3 rings (SSSR count). The second kappa shape index (κ2) is 8.86. The predicted molar refractivity (Wildman–Crippen MR) is 109 cm³/mol. The highest BCUT2D eigenvalue weighted by Crippen LogP contribution is 2.24. The van der Waals surface area contributed by atoms with Crippen molar-refractivity contribution >= 4 is 21.8 Å². The number of hydrogen-bond acceptors (Lipinski definition) is 3. The highest BCUT2D eigenvalue weighted by Gasteiger charge is 2.14. The molecule has 0 spiro atoms. The fourth-order valence-corrected chi connectivity index (χ4v) is 3.20. The van der Waals surface area contributed by atoms with Gasteiger partial charge in [-0.3, -0.25) is 9.48 Å². The third-order valence-electron chi connectivity index (χ3n) is 4.29. The van der Waals surface area contributed by atoms with Crippen LogP contribution < -0.4 is 10.1 Å². The first-order chi connectivity index (χ1) is 13.1. The van der Waals surface area contributed by atoms with Crippen LogP contribution in [0.2, 0.25) is 0 Å². The topological polar surface area (TPSA) is 56.2 Å². The molecule has 0 aliphatic carbocycles. The summed E-state index contributed by atoms with van der Waals surface area (Å²) >= 11 is 3.47. The van der Waals surface area contributed by atoms with Crippen molar-refractivity contribution < 1.29 is 9.53 Å². The molecule has 27 heavy (non-hydrogen) atoms. The van der Waals surface area contributed by atoms with Crippen LogP contribution in [0.1, 0.15) is 41.5 Å². The summed E-state index contributed by atoms with van der Waals surface area (Å²) in [5.74, 6) is 0.685. The lowest BCUT2D eigenvalue weighted by Crippen LogP contribution is -2.28. The summed E-state index contributed by atoms with van der Waals surface area (Å²) in [6.07, 6.45) is 1.75. The molecule has 0 saturated heterocycles. The largest absolute Gasteiger partial charge is 0.488 e. The number of amides is 1. The van der Waals surface area contributed by atoms with Crippen LogP contribution in [-0.2, 0) is 13.2 Å². The smallest absolute Gasteiger partial charge is 0.251 e. The number of carbonyl (C=O) groups is 1. The zero-order valence-electron chi connectivity index (χ0n) is 15.4. The minimum atomic E-state index is -0.113. The zero-order chi connectivity index (χ0) is 19.2. The van der Waals surface area contributed by atoms with Gasteiger partial charge in [-0.2, -0.15) is 5.10 Å².